The highest BCUT2D eigenvalue weighted by Gasteiger charge is 2.07. The summed E-state index contributed by atoms with van der Waals surface area (Å²) in [5, 5.41) is 3.38. The van der Waals surface area contributed by atoms with E-state index in [2.05, 4.69) is 18.3 Å². The van der Waals surface area contributed by atoms with Crippen LogP contribution in [-0.4, -0.2) is 40.1 Å². The Kier molecular flexibility index (Phi) is 10.2. The van der Waals surface area contributed by atoms with Gasteiger partial charge in [0.2, 0.25) is 0 Å². The van der Waals surface area contributed by atoms with Crippen molar-refractivity contribution in [1.82, 2.24) is 5.32 Å². The SMILES string of the molecule is CCCNCc1cc(COCCOCCCOC)oc1C. The Balaban J connectivity index is 2.10. The summed E-state index contributed by atoms with van der Waals surface area (Å²) in [6.45, 7) is 9.16. The van der Waals surface area contributed by atoms with E-state index in [0.29, 0.717) is 26.4 Å². The third-order valence-corrected chi connectivity index (χ3v) is 3.07. The van der Waals surface area contributed by atoms with Crippen LogP contribution in [0.15, 0.2) is 10.5 Å². The van der Waals surface area contributed by atoms with Crippen molar-refractivity contribution >= 4 is 0 Å². The van der Waals surface area contributed by atoms with E-state index in [4.69, 9.17) is 18.6 Å². The molecular formula is C16H29NO4. The first kappa shape index (κ1) is 18.2. The molecule has 1 rings (SSSR count). The van der Waals surface area contributed by atoms with Crippen molar-refractivity contribution in [1.29, 1.82) is 0 Å². The van der Waals surface area contributed by atoms with Gasteiger partial charge in [-0.15, -0.1) is 0 Å². The standard InChI is InChI=1S/C16H29NO4/c1-4-6-17-12-15-11-16(21-14(15)2)13-20-10-9-19-8-5-7-18-3/h11,17H,4-10,12-13H2,1-3H3. The van der Waals surface area contributed by atoms with Gasteiger partial charge in [0, 0.05) is 32.4 Å². The van der Waals surface area contributed by atoms with Crippen LogP contribution < -0.4 is 5.32 Å². The van der Waals surface area contributed by atoms with Crippen molar-refractivity contribution in [2.24, 2.45) is 0 Å². The Hall–Kier alpha value is -0.880. The van der Waals surface area contributed by atoms with Crippen molar-refractivity contribution in [3.8, 4) is 0 Å². The number of ether oxygens (including phenoxy) is 3. The molecule has 0 fully saturated rings. The highest BCUT2D eigenvalue weighted by Crippen LogP contribution is 2.15. The van der Waals surface area contributed by atoms with Gasteiger partial charge in [0.25, 0.3) is 0 Å². The van der Waals surface area contributed by atoms with Crippen LogP contribution in [0.4, 0.5) is 0 Å². The molecule has 0 unspecified atom stereocenters. The van der Waals surface area contributed by atoms with Crippen LogP contribution in [0.5, 0.6) is 0 Å². The smallest absolute Gasteiger partial charge is 0.130 e. The zero-order chi connectivity index (χ0) is 15.3. The average molecular weight is 299 g/mol. The third kappa shape index (κ3) is 8.21. The lowest BCUT2D eigenvalue weighted by Crippen LogP contribution is -2.13. The zero-order valence-electron chi connectivity index (χ0n) is 13.6. The minimum Gasteiger partial charge on any atom is -0.464 e. The molecule has 1 aromatic rings. The highest BCUT2D eigenvalue weighted by atomic mass is 16.5. The van der Waals surface area contributed by atoms with Gasteiger partial charge in [0.05, 0.1) is 13.2 Å². The predicted octanol–water partition coefficient (Wildman–Crippen LogP) is 2.66. The van der Waals surface area contributed by atoms with Crippen LogP contribution in [-0.2, 0) is 27.4 Å². The third-order valence-electron chi connectivity index (χ3n) is 3.07. The lowest BCUT2D eigenvalue weighted by Gasteiger charge is -2.04. The van der Waals surface area contributed by atoms with Crippen LogP contribution >= 0.6 is 0 Å². The fourth-order valence-electron chi connectivity index (χ4n) is 1.93. The molecule has 0 saturated carbocycles. The summed E-state index contributed by atoms with van der Waals surface area (Å²) in [6, 6.07) is 2.07. The second-order valence-corrected chi connectivity index (χ2v) is 4.98. The molecule has 0 radical (unpaired) electrons. The topological polar surface area (TPSA) is 52.9 Å². The minimum absolute atomic E-state index is 0.496. The summed E-state index contributed by atoms with van der Waals surface area (Å²) in [7, 11) is 1.69. The fourth-order valence-corrected chi connectivity index (χ4v) is 1.93. The van der Waals surface area contributed by atoms with Crippen LogP contribution in [0, 0.1) is 6.92 Å². The minimum atomic E-state index is 0.496. The van der Waals surface area contributed by atoms with E-state index in [-0.39, 0.29) is 0 Å². The molecule has 5 heteroatoms. The van der Waals surface area contributed by atoms with Gasteiger partial charge in [-0.2, -0.15) is 0 Å². The lowest BCUT2D eigenvalue weighted by molar-refractivity contribution is 0.0285. The summed E-state index contributed by atoms with van der Waals surface area (Å²) in [5.41, 5.74) is 1.21. The molecule has 0 amide bonds. The number of hydrogen-bond donors (Lipinski definition) is 1. The van der Waals surface area contributed by atoms with Gasteiger partial charge in [0.15, 0.2) is 0 Å². The van der Waals surface area contributed by atoms with Gasteiger partial charge in [-0.25, -0.2) is 0 Å². The number of methoxy groups -OCH3 is 1. The Bertz CT molecular complexity index is 365. The van der Waals surface area contributed by atoms with Crippen molar-refractivity contribution < 1.29 is 18.6 Å². The summed E-state index contributed by atoms with van der Waals surface area (Å²) < 4.78 is 21.6. The van der Waals surface area contributed by atoms with Crippen molar-refractivity contribution in [3.05, 3.63) is 23.2 Å². The summed E-state index contributed by atoms with van der Waals surface area (Å²) in [4.78, 5) is 0. The number of hydrogen-bond acceptors (Lipinski definition) is 5. The van der Waals surface area contributed by atoms with Gasteiger partial charge in [-0.3, -0.25) is 0 Å². The van der Waals surface area contributed by atoms with Crippen LogP contribution in [0.25, 0.3) is 0 Å². The first-order valence-electron chi connectivity index (χ1n) is 7.71. The second kappa shape index (κ2) is 11.7. The number of aryl methyl sites for hydroxylation is 1. The van der Waals surface area contributed by atoms with Gasteiger partial charge in [-0.1, -0.05) is 6.92 Å². The van der Waals surface area contributed by atoms with Gasteiger partial charge in [-0.05, 0) is 32.4 Å². The zero-order valence-corrected chi connectivity index (χ0v) is 13.6. The molecule has 0 saturated heterocycles. The lowest BCUT2D eigenvalue weighted by atomic mass is 10.2. The molecule has 0 bridgehead atoms. The Labute approximate surface area is 127 Å². The molecule has 122 valence electrons. The second-order valence-electron chi connectivity index (χ2n) is 4.98. The van der Waals surface area contributed by atoms with E-state index in [1.165, 1.54) is 5.56 Å². The molecule has 1 heterocycles. The molecule has 0 aliphatic carbocycles. The molecule has 1 N–H and O–H groups in total. The molecule has 0 aromatic carbocycles. The number of rotatable bonds is 13. The first-order chi connectivity index (χ1) is 10.3. The van der Waals surface area contributed by atoms with Crippen LogP contribution in [0.1, 0.15) is 36.8 Å². The van der Waals surface area contributed by atoms with Crippen molar-refractivity contribution in [3.63, 3.8) is 0 Å². The van der Waals surface area contributed by atoms with Crippen molar-refractivity contribution in [2.45, 2.75) is 39.8 Å². The van der Waals surface area contributed by atoms with Crippen LogP contribution in [0.3, 0.4) is 0 Å². The summed E-state index contributed by atoms with van der Waals surface area (Å²) in [6.07, 6.45) is 2.05. The molecule has 0 spiro atoms. The predicted molar refractivity (Wildman–Crippen MR) is 82.4 cm³/mol. The molecule has 0 aliphatic rings. The van der Waals surface area contributed by atoms with E-state index in [1.807, 2.05) is 6.92 Å². The van der Waals surface area contributed by atoms with E-state index in [9.17, 15) is 0 Å². The maximum atomic E-state index is 5.68. The van der Waals surface area contributed by atoms with Gasteiger partial charge >= 0.3 is 0 Å². The number of nitrogens with one attached hydrogen (secondary N) is 1. The highest BCUT2D eigenvalue weighted by molar-refractivity contribution is 5.20. The summed E-state index contributed by atoms with van der Waals surface area (Å²) in [5.74, 6) is 1.84. The van der Waals surface area contributed by atoms with Crippen LogP contribution in [0.2, 0.25) is 0 Å². The fraction of sp³-hybridized carbons (Fsp3) is 0.750. The average Bonchev–Trinajstić information content (AvgIpc) is 2.82. The molecular weight excluding hydrogens is 270 g/mol. The quantitative estimate of drug-likeness (QED) is 0.568. The Morgan fingerprint density at radius 2 is 1.95 bits per heavy atom. The van der Waals surface area contributed by atoms with E-state index in [1.54, 1.807) is 7.11 Å². The van der Waals surface area contributed by atoms with E-state index >= 15 is 0 Å². The molecule has 5 nitrogen and oxygen atoms in total. The molecule has 1 aromatic heterocycles. The number of furan rings is 1. The molecule has 0 aliphatic heterocycles. The Morgan fingerprint density at radius 1 is 1.14 bits per heavy atom. The normalized spacial score (nSPS) is 11.2. The molecule has 21 heavy (non-hydrogen) atoms. The van der Waals surface area contributed by atoms with E-state index < -0.39 is 0 Å². The maximum Gasteiger partial charge on any atom is 0.130 e. The van der Waals surface area contributed by atoms with Gasteiger partial charge in [0.1, 0.15) is 18.1 Å². The van der Waals surface area contributed by atoms with Crippen molar-refractivity contribution in [2.75, 3.05) is 40.1 Å². The van der Waals surface area contributed by atoms with Gasteiger partial charge < -0.3 is 23.9 Å². The first-order valence-corrected chi connectivity index (χ1v) is 7.71. The summed E-state index contributed by atoms with van der Waals surface area (Å²) >= 11 is 0. The largest absolute Gasteiger partial charge is 0.464 e. The maximum absolute atomic E-state index is 5.68. The Morgan fingerprint density at radius 3 is 2.71 bits per heavy atom. The monoisotopic (exact) mass is 299 g/mol. The molecule has 0 atom stereocenters. The van der Waals surface area contributed by atoms with E-state index in [0.717, 1.165) is 44.1 Å².